The van der Waals surface area contributed by atoms with Gasteiger partial charge in [-0.3, -0.25) is 0 Å². The Morgan fingerprint density at radius 3 is 1.70 bits per heavy atom. The SMILES string of the molecule is c1ccc(-c2ccc(-c3cc(-c4ccccc4)nc(-c4ccc(-c5ccc(-c6cccc7c6sc6ccccc67)c6c5oc5ccccc56)cc4)n3)cc2)cc1. The van der Waals surface area contributed by atoms with Gasteiger partial charge in [0.05, 0.1) is 11.4 Å². The van der Waals surface area contributed by atoms with Gasteiger partial charge in [-0.25, -0.2) is 9.97 Å². The lowest BCUT2D eigenvalue weighted by Gasteiger charge is -2.11. The number of para-hydroxylation sites is 1. The van der Waals surface area contributed by atoms with Crippen LogP contribution in [0, 0.1) is 0 Å². The summed E-state index contributed by atoms with van der Waals surface area (Å²) < 4.78 is 9.32. The van der Waals surface area contributed by atoms with Crippen molar-refractivity contribution in [2.24, 2.45) is 0 Å². The van der Waals surface area contributed by atoms with Gasteiger partial charge >= 0.3 is 0 Å². The molecule has 3 nitrogen and oxygen atoms in total. The number of rotatable bonds is 6. The minimum Gasteiger partial charge on any atom is -0.455 e. The largest absolute Gasteiger partial charge is 0.455 e. The lowest BCUT2D eigenvalue weighted by molar-refractivity contribution is 0.670. The van der Waals surface area contributed by atoms with Crippen molar-refractivity contribution in [3.63, 3.8) is 0 Å². The highest BCUT2D eigenvalue weighted by Crippen LogP contribution is 2.46. The zero-order valence-corrected chi connectivity index (χ0v) is 31.0. The first-order chi connectivity index (χ1) is 27.7. The molecule has 4 heteroatoms. The summed E-state index contributed by atoms with van der Waals surface area (Å²) in [7, 11) is 0. The molecular formula is C52H32N2OS. The Morgan fingerprint density at radius 2 is 0.929 bits per heavy atom. The number of benzene rings is 8. The maximum Gasteiger partial charge on any atom is 0.160 e. The molecule has 0 fully saturated rings. The molecule has 0 saturated heterocycles. The van der Waals surface area contributed by atoms with Gasteiger partial charge in [0, 0.05) is 58.8 Å². The van der Waals surface area contributed by atoms with Crippen LogP contribution in [0.1, 0.15) is 0 Å². The van der Waals surface area contributed by atoms with E-state index in [-0.39, 0.29) is 0 Å². The van der Waals surface area contributed by atoms with Crippen LogP contribution in [-0.2, 0) is 0 Å². The minimum atomic E-state index is 0.681. The number of fused-ring (bicyclic) bond motifs is 6. The Labute approximate surface area is 327 Å². The van der Waals surface area contributed by atoms with E-state index in [9.17, 15) is 0 Å². The second-order valence-electron chi connectivity index (χ2n) is 14.1. The van der Waals surface area contributed by atoms with E-state index in [4.69, 9.17) is 14.4 Å². The van der Waals surface area contributed by atoms with Gasteiger partial charge in [-0.15, -0.1) is 11.3 Å². The summed E-state index contributed by atoms with van der Waals surface area (Å²) >= 11 is 1.86. The van der Waals surface area contributed by atoms with Crippen molar-refractivity contribution in [3.05, 3.63) is 194 Å². The van der Waals surface area contributed by atoms with Crippen LogP contribution in [0.4, 0.5) is 0 Å². The summed E-state index contributed by atoms with van der Waals surface area (Å²) in [4.78, 5) is 10.2. The van der Waals surface area contributed by atoms with Crippen LogP contribution in [-0.4, -0.2) is 9.97 Å². The summed E-state index contributed by atoms with van der Waals surface area (Å²) in [6.07, 6.45) is 0. The van der Waals surface area contributed by atoms with Crippen LogP contribution in [0.2, 0.25) is 0 Å². The first-order valence-corrected chi connectivity index (χ1v) is 19.6. The molecule has 0 bridgehead atoms. The Hall–Kier alpha value is -7.14. The van der Waals surface area contributed by atoms with Gasteiger partial charge in [-0.05, 0) is 46.5 Å². The average molecular weight is 733 g/mol. The third-order valence-electron chi connectivity index (χ3n) is 10.8. The van der Waals surface area contributed by atoms with E-state index in [1.807, 2.05) is 41.7 Å². The number of aromatic nitrogens is 2. The van der Waals surface area contributed by atoms with Crippen molar-refractivity contribution in [2.75, 3.05) is 0 Å². The zero-order chi connectivity index (χ0) is 37.0. The van der Waals surface area contributed by atoms with Crippen molar-refractivity contribution in [1.82, 2.24) is 9.97 Å². The van der Waals surface area contributed by atoms with Gasteiger partial charge < -0.3 is 4.42 Å². The molecule has 0 aliphatic carbocycles. The first-order valence-electron chi connectivity index (χ1n) is 18.8. The van der Waals surface area contributed by atoms with Gasteiger partial charge in [-0.1, -0.05) is 170 Å². The normalized spacial score (nSPS) is 11.6. The summed E-state index contributed by atoms with van der Waals surface area (Å²) in [6, 6.07) is 68.3. The van der Waals surface area contributed by atoms with Crippen molar-refractivity contribution in [1.29, 1.82) is 0 Å². The maximum atomic E-state index is 6.73. The molecule has 262 valence electrons. The Balaban J connectivity index is 1.02. The van der Waals surface area contributed by atoms with Crippen LogP contribution in [0.25, 0.3) is 109 Å². The number of hydrogen-bond donors (Lipinski definition) is 0. The third-order valence-corrected chi connectivity index (χ3v) is 12.0. The molecule has 0 atom stereocenters. The fourth-order valence-electron chi connectivity index (χ4n) is 7.98. The van der Waals surface area contributed by atoms with Crippen molar-refractivity contribution < 1.29 is 4.42 Å². The fourth-order valence-corrected chi connectivity index (χ4v) is 9.21. The first kappa shape index (κ1) is 32.3. The van der Waals surface area contributed by atoms with E-state index in [2.05, 4.69) is 164 Å². The molecule has 0 aliphatic rings. The molecule has 0 amide bonds. The lowest BCUT2D eigenvalue weighted by Crippen LogP contribution is -1.96. The zero-order valence-electron chi connectivity index (χ0n) is 30.2. The van der Waals surface area contributed by atoms with E-state index >= 15 is 0 Å². The highest BCUT2D eigenvalue weighted by molar-refractivity contribution is 7.26. The van der Waals surface area contributed by atoms with E-state index in [0.29, 0.717) is 5.82 Å². The Kier molecular flexibility index (Phi) is 7.68. The lowest BCUT2D eigenvalue weighted by atomic mass is 9.93. The van der Waals surface area contributed by atoms with Crippen LogP contribution < -0.4 is 0 Å². The van der Waals surface area contributed by atoms with Crippen LogP contribution in [0.5, 0.6) is 0 Å². The molecule has 8 aromatic carbocycles. The highest BCUT2D eigenvalue weighted by Gasteiger charge is 2.20. The molecule has 0 aliphatic heterocycles. The van der Waals surface area contributed by atoms with Gasteiger partial charge in [0.1, 0.15) is 11.2 Å². The van der Waals surface area contributed by atoms with E-state index < -0.39 is 0 Å². The molecule has 3 aromatic heterocycles. The van der Waals surface area contributed by atoms with Gasteiger partial charge in [0.15, 0.2) is 5.82 Å². The average Bonchev–Trinajstić information content (AvgIpc) is 3.86. The highest BCUT2D eigenvalue weighted by atomic mass is 32.1. The number of nitrogens with zero attached hydrogens (tertiary/aromatic N) is 2. The summed E-state index contributed by atoms with van der Waals surface area (Å²) in [5, 5.41) is 4.83. The molecule has 3 heterocycles. The third kappa shape index (κ3) is 5.50. The topological polar surface area (TPSA) is 38.9 Å². The standard InChI is InChI=1S/C52H32N2OS/c1-3-12-33(13-4-1)34-22-26-37(27-23-34)46-32-45(36-14-5-2-6-15-36)53-52(54-46)38-28-24-35(25-29-38)39-30-31-41(49-44-17-7-9-20-47(44)55-50(39)49)43-19-11-18-42-40-16-8-10-21-48(40)56-51(42)43/h1-32H. The molecular weight excluding hydrogens is 701 g/mol. The van der Waals surface area contributed by atoms with Crippen molar-refractivity contribution in [2.45, 2.75) is 0 Å². The van der Waals surface area contributed by atoms with Crippen LogP contribution in [0.3, 0.4) is 0 Å². The Bertz CT molecular complexity index is 3220. The number of hydrogen-bond acceptors (Lipinski definition) is 4. The Morgan fingerprint density at radius 1 is 0.375 bits per heavy atom. The van der Waals surface area contributed by atoms with Crippen molar-refractivity contribution >= 4 is 53.4 Å². The second-order valence-corrected chi connectivity index (χ2v) is 15.1. The maximum absolute atomic E-state index is 6.73. The molecule has 56 heavy (non-hydrogen) atoms. The van der Waals surface area contributed by atoms with Gasteiger partial charge in [0.25, 0.3) is 0 Å². The van der Waals surface area contributed by atoms with E-state index in [1.165, 1.54) is 42.4 Å². The molecule has 0 radical (unpaired) electrons. The predicted octanol–water partition coefficient (Wildman–Crippen LogP) is 14.7. The van der Waals surface area contributed by atoms with Crippen LogP contribution in [0.15, 0.2) is 199 Å². The molecule has 11 rings (SSSR count). The molecule has 0 saturated carbocycles. The minimum absolute atomic E-state index is 0.681. The molecule has 0 unspecified atom stereocenters. The smallest absolute Gasteiger partial charge is 0.160 e. The number of furan rings is 1. The van der Waals surface area contributed by atoms with Crippen molar-refractivity contribution in [3.8, 4) is 67.3 Å². The quantitative estimate of drug-likeness (QED) is 0.171. The summed E-state index contributed by atoms with van der Waals surface area (Å²) in [5.74, 6) is 0.681. The predicted molar refractivity (Wildman–Crippen MR) is 235 cm³/mol. The van der Waals surface area contributed by atoms with E-state index in [0.717, 1.165) is 61.1 Å². The summed E-state index contributed by atoms with van der Waals surface area (Å²) in [6.45, 7) is 0. The number of thiophene rings is 1. The van der Waals surface area contributed by atoms with Gasteiger partial charge in [-0.2, -0.15) is 0 Å². The molecule has 11 aromatic rings. The van der Waals surface area contributed by atoms with Crippen LogP contribution >= 0.6 is 11.3 Å². The summed E-state index contributed by atoms with van der Waals surface area (Å²) in [5.41, 5.74) is 13.5. The van der Waals surface area contributed by atoms with Gasteiger partial charge in [0.2, 0.25) is 0 Å². The molecule has 0 N–H and O–H groups in total. The van der Waals surface area contributed by atoms with E-state index in [1.54, 1.807) is 0 Å². The molecule has 0 spiro atoms. The fraction of sp³-hybridized carbons (Fsp3) is 0. The second kappa shape index (κ2) is 13.3. The monoisotopic (exact) mass is 732 g/mol.